The van der Waals surface area contributed by atoms with Crippen molar-refractivity contribution in [2.45, 2.75) is 33.6 Å². The van der Waals surface area contributed by atoms with Crippen LogP contribution < -0.4 is 10.1 Å². The molecule has 1 amide bonds. The highest BCUT2D eigenvalue weighted by atomic mass is 32.1. The molecule has 0 spiro atoms. The van der Waals surface area contributed by atoms with Crippen LogP contribution in [0.25, 0.3) is 10.6 Å². The molecule has 6 nitrogen and oxygen atoms in total. The van der Waals surface area contributed by atoms with E-state index >= 15 is 0 Å². The quantitative estimate of drug-likeness (QED) is 0.700. The van der Waals surface area contributed by atoms with Gasteiger partial charge in [0.05, 0.1) is 24.1 Å². The molecule has 0 aliphatic heterocycles. The van der Waals surface area contributed by atoms with E-state index in [0.717, 1.165) is 16.3 Å². The maximum atomic E-state index is 12.0. The Labute approximate surface area is 157 Å². The second kappa shape index (κ2) is 8.80. The monoisotopic (exact) mass is 376 g/mol. The first-order valence-electron chi connectivity index (χ1n) is 8.49. The van der Waals surface area contributed by atoms with Crippen molar-refractivity contribution in [2.24, 2.45) is 5.41 Å². The van der Waals surface area contributed by atoms with Gasteiger partial charge >= 0.3 is 5.97 Å². The van der Waals surface area contributed by atoms with E-state index in [0.29, 0.717) is 25.3 Å². The Morgan fingerprint density at radius 3 is 2.58 bits per heavy atom. The van der Waals surface area contributed by atoms with Crippen molar-refractivity contribution in [2.75, 3.05) is 13.2 Å². The molecule has 1 heterocycles. The summed E-state index contributed by atoms with van der Waals surface area (Å²) in [4.78, 5) is 27.6. The third kappa shape index (κ3) is 5.56. The lowest BCUT2D eigenvalue weighted by molar-refractivity contribution is -0.147. The Hall–Kier alpha value is -2.41. The maximum absolute atomic E-state index is 12.0. The number of carboxylic acids is 1. The van der Waals surface area contributed by atoms with E-state index in [4.69, 9.17) is 9.84 Å². The van der Waals surface area contributed by atoms with Gasteiger partial charge in [0.1, 0.15) is 10.8 Å². The van der Waals surface area contributed by atoms with Crippen LogP contribution in [-0.2, 0) is 16.0 Å². The van der Waals surface area contributed by atoms with Gasteiger partial charge in [-0.3, -0.25) is 9.59 Å². The second-order valence-corrected chi connectivity index (χ2v) is 7.43. The molecule has 0 fully saturated rings. The molecule has 2 aromatic rings. The van der Waals surface area contributed by atoms with Crippen molar-refractivity contribution >= 4 is 23.2 Å². The van der Waals surface area contributed by atoms with E-state index in [1.165, 1.54) is 11.3 Å². The van der Waals surface area contributed by atoms with Crippen LogP contribution in [0.3, 0.4) is 0 Å². The average molecular weight is 376 g/mol. The standard InChI is InChI=1S/C19H24N2O4S/c1-4-25-15-7-5-13(6-8-15)17-21-14(12-26-17)11-16(22)20-10-9-19(2,3)18(23)24/h5-8,12H,4,9-11H2,1-3H3,(H,20,22)(H,23,24). The summed E-state index contributed by atoms with van der Waals surface area (Å²) in [5.41, 5.74) is 0.830. The van der Waals surface area contributed by atoms with Crippen LogP contribution in [0.15, 0.2) is 29.6 Å². The van der Waals surface area contributed by atoms with Crippen LogP contribution in [0.2, 0.25) is 0 Å². The molecule has 2 rings (SSSR count). The zero-order valence-corrected chi connectivity index (χ0v) is 16.1. The lowest BCUT2D eigenvalue weighted by Gasteiger charge is -2.18. The first-order valence-corrected chi connectivity index (χ1v) is 9.37. The largest absolute Gasteiger partial charge is 0.494 e. The molecule has 1 aromatic heterocycles. The van der Waals surface area contributed by atoms with Gasteiger partial charge in [-0.2, -0.15) is 0 Å². The molecular weight excluding hydrogens is 352 g/mol. The minimum absolute atomic E-state index is 0.158. The number of carbonyl (C=O) groups is 2. The molecule has 0 saturated heterocycles. The summed E-state index contributed by atoms with van der Waals surface area (Å²) in [5.74, 6) is -0.210. The summed E-state index contributed by atoms with van der Waals surface area (Å²) in [6.45, 7) is 6.18. The number of hydrogen-bond acceptors (Lipinski definition) is 5. The van der Waals surface area contributed by atoms with Crippen LogP contribution in [0.5, 0.6) is 5.75 Å². The summed E-state index contributed by atoms with van der Waals surface area (Å²) in [6.07, 6.45) is 0.559. The highest BCUT2D eigenvalue weighted by Gasteiger charge is 2.26. The molecule has 0 aliphatic rings. The van der Waals surface area contributed by atoms with Crippen molar-refractivity contribution in [3.8, 4) is 16.3 Å². The van der Waals surface area contributed by atoms with Gasteiger partial charge in [0.2, 0.25) is 5.91 Å². The van der Waals surface area contributed by atoms with Crippen LogP contribution >= 0.6 is 11.3 Å². The van der Waals surface area contributed by atoms with E-state index in [1.54, 1.807) is 13.8 Å². The Kier molecular flexibility index (Phi) is 6.74. The number of hydrogen-bond donors (Lipinski definition) is 2. The smallest absolute Gasteiger partial charge is 0.309 e. The number of nitrogens with one attached hydrogen (secondary N) is 1. The third-order valence-electron chi connectivity index (χ3n) is 3.96. The average Bonchev–Trinajstić information content (AvgIpc) is 3.04. The first-order chi connectivity index (χ1) is 12.3. The number of carbonyl (C=O) groups excluding carboxylic acids is 1. The number of aliphatic carboxylic acids is 1. The summed E-state index contributed by atoms with van der Waals surface area (Å²) in [6, 6.07) is 7.69. The second-order valence-electron chi connectivity index (χ2n) is 6.57. The Balaban J connectivity index is 1.87. The van der Waals surface area contributed by atoms with Crippen molar-refractivity contribution in [1.29, 1.82) is 0 Å². The van der Waals surface area contributed by atoms with E-state index in [2.05, 4.69) is 10.3 Å². The van der Waals surface area contributed by atoms with Crippen LogP contribution in [0, 0.1) is 5.41 Å². The summed E-state index contributed by atoms with van der Waals surface area (Å²) >= 11 is 1.49. The molecule has 2 N–H and O–H groups in total. The molecule has 0 radical (unpaired) electrons. The number of nitrogens with zero attached hydrogens (tertiary/aromatic N) is 1. The van der Waals surface area contributed by atoms with Gasteiger partial charge in [0, 0.05) is 17.5 Å². The van der Waals surface area contributed by atoms with Gasteiger partial charge in [-0.15, -0.1) is 11.3 Å². The molecule has 7 heteroatoms. The summed E-state index contributed by atoms with van der Waals surface area (Å²) in [5, 5.41) is 14.5. The lowest BCUT2D eigenvalue weighted by atomic mass is 9.90. The third-order valence-corrected chi connectivity index (χ3v) is 4.90. The number of rotatable bonds is 9. The number of benzene rings is 1. The summed E-state index contributed by atoms with van der Waals surface area (Å²) < 4.78 is 5.42. The van der Waals surface area contributed by atoms with E-state index in [-0.39, 0.29) is 12.3 Å². The normalized spacial score (nSPS) is 11.2. The van der Waals surface area contributed by atoms with Crippen molar-refractivity contribution < 1.29 is 19.4 Å². The fourth-order valence-electron chi connectivity index (χ4n) is 2.23. The van der Waals surface area contributed by atoms with Crippen molar-refractivity contribution in [3.05, 3.63) is 35.3 Å². The number of carboxylic acid groups (broad SMARTS) is 1. The highest BCUT2D eigenvalue weighted by Crippen LogP contribution is 2.26. The minimum atomic E-state index is -0.869. The molecule has 0 saturated carbocycles. The molecule has 0 bridgehead atoms. The molecule has 26 heavy (non-hydrogen) atoms. The number of thiazole rings is 1. The Bertz CT molecular complexity index is 753. The number of amides is 1. The SMILES string of the molecule is CCOc1ccc(-c2nc(CC(=O)NCCC(C)(C)C(=O)O)cs2)cc1. The molecule has 0 unspecified atom stereocenters. The predicted octanol–water partition coefficient (Wildman–Crippen LogP) is 3.37. The maximum Gasteiger partial charge on any atom is 0.309 e. The Morgan fingerprint density at radius 2 is 1.96 bits per heavy atom. The van der Waals surface area contributed by atoms with Crippen molar-refractivity contribution in [3.63, 3.8) is 0 Å². The van der Waals surface area contributed by atoms with Crippen LogP contribution in [0.4, 0.5) is 0 Å². The fraction of sp³-hybridized carbons (Fsp3) is 0.421. The lowest BCUT2D eigenvalue weighted by Crippen LogP contribution is -2.32. The number of ether oxygens (including phenoxy) is 1. The van der Waals surface area contributed by atoms with Crippen LogP contribution in [0.1, 0.15) is 32.9 Å². The molecule has 0 atom stereocenters. The molecule has 0 aliphatic carbocycles. The van der Waals surface area contributed by atoms with Gasteiger partial charge in [0.15, 0.2) is 0 Å². The fourth-order valence-corrected chi connectivity index (χ4v) is 3.06. The molecule has 140 valence electrons. The van der Waals surface area contributed by atoms with Gasteiger partial charge < -0.3 is 15.2 Å². The van der Waals surface area contributed by atoms with E-state index in [1.807, 2.05) is 36.6 Å². The predicted molar refractivity (Wildman–Crippen MR) is 101 cm³/mol. The zero-order valence-electron chi connectivity index (χ0n) is 15.2. The zero-order chi connectivity index (χ0) is 19.2. The highest BCUT2D eigenvalue weighted by molar-refractivity contribution is 7.13. The van der Waals surface area contributed by atoms with Gasteiger partial charge in [-0.25, -0.2) is 4.98 Å². The van der Waals surface area contributed by atoms with Crippen molar-refractivity contribution in [1.82, 2.24) is 10.3 Å². The van der Waals surface area contributed by atoms with E-state index < -0.39 is 11.4 Å². The molecule has 1 aromatic carbocycles. The first kappa shape index (κ1) is 19.9. The number of aromatic nitrogens is 1. The Morgan fingerprint density at radius 1 is 1.27 bits per heavy atom. The van der Waals surface area contributed by atoms with Crippen LogP contribution in [-0.4, -0.2) is 35.1 Å². The minimum Gasteiger partial charge on any atom is -0.494 e. The molecular formula is C19H24N2O4S. The van der Waals surface area contributed by atoms with Gasteiger partial charge in [0.25, 0.3) is 0 Å². The van der Waals surface area contributed by atoms with E-state index in [9.17, 15) is 9.59 Å². The van der Waals surface area contributed by atoms with Gasteiger partial charge in [-0.1, -0.05) is 0 Å². The van der Waals surface area contributed by atoms with Gasteiger partial charge in [-0.05, 0) is 51.5 Å². The topological polar surface area (TPSA) is 88.5 Å². The summed E-state index contributed by atoms with van der Waals surface area (Å²) in [7, 11) is 0.